The molecule has 2 atom stereocenters. The first-order chi connectivity index (χ1) is 8.29. The molecule has 2 saturated heterocycles. The summed E-state index contributed by atoms with van der Waals surface area (Å²) in [4.78, 5) is 13.9. The minimum Gasteiger partial charge on any atom is -0.378 e. The van der Waals surface area contributed by atoms with E-state index in [0.29, 0.717) is 19.1 Å². The van der Waals surface area contributed by atoms with Crippen LogP contribution in [0.5, 0.6) is 0 Å². The highest BCUT2D eigenvalue weighted by molar-refractivity contribution is 9.09. The summed E-state index contributed by atoms with van der Waals surface area (Å²) < 4.78 is 11.1. The van der Waals surface area contributed by atoms with Crippen molar-refractivity contribution >= 4 is 21.8 Å². The fraction of sp³-hybridized carbons (Fsp3) is 0.917. The second-order valence-corrected chi connectivity index (χ2v) is 5.31. The van der Waals surface area contributed by atoms with Gasteiger partial charge in [0.25, 0.3) is 0 Å². The first kappa shape index (κ1) is 13.3. The van der Waals surface area contributed by atoms with Crippen LogP contribution in [0.15, 0.2) is 0 Å². The van der Waals surface area contributed by atoms with E-state index in [0.717, 1.165) is 44.3 Å². The molecule has 0 aromatic heterocycles. The molecule has 2 rings (SSSR count). The van der Waals surface area contributed by atoms with E-state index >= 15 is 0 Å². The summed E-state index contributed by atoms with van der Waals surface area (Å²) in [5.41, 5.74) is 0. The number of alkyl halides is 1. The first-order valence-electron chi connectivity index (χ1n) is 6.36. The Bertz CT molecular complexity index is 256. The Kier molecular flexibility index (Phi) is 5.25. The quantitative estimate of drug-likeness (QED) is 0.740. The number of ether oxygens (including phenoxy) is 2. The lowest BCUT2D eigenvalue weighted by atomic mass is 10.1. The van der Waals surface area contributed by atoms with E-state index < -0.39 is 0 Å². The number of halogens is 1. The summed E-state index contributed by atoms with van der Waals surface area (Å²) in [7, 11) is 0. The smallest absolute Gasteiger partial charge is 0.222 e. The Balaban J connectivity index is 1.71. The van der Waals surface area contributed by atoms with Crippen LogP contribution < -0.4 is 0 Å². The number of morpholine rings is 1. The predicted molar refractivity (Wildman–Crippen MR) is 68.3 cm³/mol. The van der Waals surface area contributed by atoms with Crippen LogP contribution in [-0.2, 0) is 14.3 Å². The summed E-state index contributed by atoms with van der Waals surface area (Å²) in [6.45, 7) is 2.97. The number of hydrogen-bond acceptors (Lipinski definition) is 3. The number of nitrogens with zero attached hydrogens (tertiary/aromatic N) is 1. The summed E-state index contributed by atoms with van der Waals surface area (Å²) >= 11 is 3.40. The zero-order valence-electron chi connectivity index (χ0n) is 10.1. The van der Waals surface area contributed by atoms with Gasteiger partial charge in [-0.15, -0.1) is 0 Å². The topological polar surface area (TPSA) is 38.8 Å². The van der Waals surface area contributed by atoms with Crippen molar-refractivity contribution in [2.75, 3.05) is 31.6 Å². The molecule has 2 aliphatic heterocycles. The lowest BCUT2D eigenvalue weighted by molar-refractivity contribution is -0.138. The van der Waals surface area contributed by atoms with E-state index in [-0.39, 0.29) is 12.0 Å². The second kappa shape index (κ2) is 6.71. The Morgan fingerprint density at radius 3 is 2.82 bits per heavy atom. The number of carbonyl (C=O) groups excluding carboxylic acids is 1. The van der Waals surface area contributed by atoms with Gasteiger partial charge in [-0.05, 0) is 19.3 Å². The van der Waals surface area contributed by atoms with Gasteiger partial charge < -0.3 is 14.4 Å². The van der Waals surface area contributed by atoms with Crippen molar-refractivity contribution in [2.45, 2.75) is 37.9 Å². The summed E-state index contributed by atoms with van der Waals surface area (Å²) in [6, 6.07) is 0. The van der Waals surface area contributed by atoms with Crippen molar-refractivity contribution in [3.05, 3.63) is 0 Å². The van der Waals surface area contributed by atoms with Gasteiger partial charge in [0.05, 0.1) is 18.8 Å². The predicted octanol–water partition coefficient (Wildman–Crippen LogP) is 1.57. The molecule has 17 heavy (non-hydrogen) atoms. The SMILES string of the molecule is O=C(CCC1CCCO1)N1CCOC(CBr)C1. The monoisotopic (exact) mass is 305 g/mol. The molecule has 0 saturated carbocycles. The minimum atomic E-state index is 0.149. The van der Waals surface area contributed by atoms with Crippen LogP contribution in [0.3, 0.4) is 0 Å². The second-order valence-electron chi connectivity index (χ2n) is 4.66. The highest BCUT2D eigenvalue weighted by atomic mass is 79.9. The Morgan fingerprint density at radius 1 is 1.29 bits per heavy atom. The molecular formula is C12H20BrNO3. The molecule has 98 valence electrons. The number of amides is 1. The lowest BCUT2D eigenvalue weighted by Crippen LogP contribution is -2.46. The van der Waals surface area contributed by atoms with Crippen LogP contribution >= 0.6 is 15.9 Å². The molecule has 2 fully saturated rings. The maximum absolute atomic E-state index is 12.0. The molecule has 2 aliphatic rings. The third-order valence-electron chi connectivity index (χ3n) is 3.37. The largest absolute Gasteiger partial charge is 0.378 e. The zero-order valence-corrected chi connectivity index (χ0v) is 11.7. The van der Waals surface area contributed by atoms with Crippen LogP contribution in [0.2, 0.25) is 0 Å². The fourth-order valence-electron chi connectivity index (χ4n) is 2.35. The number of rotatable bonds is 4. The van der Waals surface area contributed by atoms with Crippen molar-refractivity contribution in [3.63, 3.8) is 0 Å². The third kappa shape index (κ3) is 3.93. The molecule has 2 unspecified atom stereocenters. The normalized spacial score (nSPS) is 29.6. The fourth-order valence-corrected chi connectivity index (χ4v) is 2.75. The van der Waals surface area contributed by atoms with Gasteiger partial charge in [-0.25, -0.2) is 0 Å². The van der Waals surface area contributed by atoms with E-state index in [2.05, 4.69) is 15.9 Å². The maximum Gasteiger partial charge on any atom is 0.222 e. The molecule has 0 aromatic carbocycles. The molecule has 0 spiro atoms. The number of carbonyl (C=O) groups is 1. The van der Waals surface area contributed by atoms with E-state index in [9.17, 15) is 4.79 Å². The van der Waals surface area contributed by atoms with Crippen molar-refractivity contribution in [1.82, 2.24) is 4.90 Å². The molecule has 0 N–H and O–H groups in total. The molecule has 0 radical (unpaired) electrons. The summed E-state index contributed by atoms with van der Waals surface area (Å²) in [5, 5.41) is 0.794. The standard InChI is InChI=1S/C12H20BrNO3/c13-8-11-9-14(5-7-17-11)12(15)4-3-10-2-1-6-16-10/h10-11H,1-9H2. The molecular weight excluding hydrogens is 286 g/mol. The Morgan fingerprint density at radius 2 is 2.12 bits per heavy atom. The Labute approximate surface area is 111 Å². The lowest BCUT2D eigenvalue weighted by Gasteiger charge is -2.32. The molecule has 2 heterocycles. The van der Waals surface area contributed by atoms with Crippen molar-refractivity contribution in [3.8, 4) is 0 Å². The zero-order chi connectivity index (χ0) is 12.1. The van der Waals surface area contributed by atoms with E-state index in [4.69, 9.17) is 9.47 Å². The van der Waals surface area contributed by atoms with E-state index in [1.54, 1.807) is 0 Å². The highest BCUT2D eigenvalue weighted by Gasteiger charge is 2.24. The van der Waals surface area contributed by atoms with Crippen LogP contribution in [0.4, 0.5) is 0 Å². The first-order valence-corrected chi connectivity index (χ1v) is 7.48. The number of hydrogen-bond donors (Lipinski definition) is 0. The molecule has 5 heteroatoms. The van der Waals surface area contributed by atoms with Gasteiger partial charge >= 0.3 is 0 Å². The average Bonchev–Trinajstić information content (AvgIpc) is 2.89. The van der Waals surface area contributed by atoms with Crippen molar-refractivity contribution < 1.29 is 14.3 Å². The van der Waals surface area contributed by atoms with Crippen molar-refractivity contribution in [1.29, 1.82) is 0 Å². The third-order valence-corrected chi connectivity index (χ3v) is 4.09. The molecule has 4 nitrogen and oxygen atoms in total. The van der Waals surface area contributed by atoms with E-state index in [1.165, 1.54) is 0 Å². The molecule has 1 amide bonds. The van der Waals surface area contributed by atoms with Crippen LogP contribution in [-0.4, -0.2) is 54.6 Å². The minimum absolute atomic E-state index is 0.149. The van der Waals surface area contributed by atoms with Gasteiger partial charge in [-0.2, -0.15) is 0 Å². The van der Waals surface area contributed by atoms with Gasteiger partial charge in [0.1, 0.15) is 0 Å². The highest BCUT2D eigenvalue weighted by Crippen LogP contribution is 2.18. The van der Waals surface area contributed by atoms with Gasteiger partial charge in [0.2, 0.25) is 5.91 Å². The van der Waals surface area contributed by atoms with Crippen LogP contribution in [0.1, 0.15) is 25.7 Å². The van der Waals surface area contributed by atoms with Gasteiger partial charge in [0, 0.05) is 31.4 Å². The maximum atomic E-state index is 12.0. The molecule has 0 bridgehead atoms. The molecule has 0 aromatic rings. The van der Waals surface area contributed by atoms with Crippen LogP contribution in [0.25, 0.3) is 0 Å². The Hall–Kier alpha value is -0.130. The van der Waals surface area contributed by atoms with Gasteiger partial charge in [-0.3, -0.25) is 4.79 Å². The van der Waals surface area contributed by atoms with Crippen LogP contribution in [0, 0.1) is 0 Å². The van der Waals surface area contributed by atoms with Gasteiger partial charge in [0.15, 0.2) is 0 Å². The molecule has 0 aliphatic carbocycles. The van der Waals surface area contributed by atoms with E-state index in [1.807, 2.05) is 4.90 Å². The van der Waals surface area contributed by atoms with Crippen molar-refractivity contribution in [2.24, 2.45) is 0 Å². The summed E-state index contributed by atoms with van der Waals surface area (Å²) in [6.07, 6.45) is 4.19. The summed E-state index contributed by atoms with van der Waals surface area (Å²) in [5.74, 6) is 0.245. The van der Waals surface area contributed by atoms with Gasteiger partial charge in [-0.1, -0.05) is 15.9 Å². The average molecular weight is 306 g/mol.